The SMILES string of the molecule is COCC(O)CCNC(=O)C1CCC(N)C(C)C1(C)C. The van der Waals surface area contributed by atoms with Crippen LogP contribution < -0.4 is 11.1 Å². The number of rotatable bonds is 6. The molecule has 0 aromatic carbocycles. The number of amides is 1. The average Bonchev–Trinajstić information content (AvgIpc) is 2.36. The molecular formula is C15H30N2O3. The number of hydrogen-bond acceptors (Lipinski definition) is 4. The van der Waals surface area contributed by atoms with E-state index in [1.807, 2.05) is 0 Å². The number of methoxy groups -OCH3 is 1. The highest BCUT2D eigenvalue weighted by Gasteiger charge is 2.44. The van der Waals surface area contributed by atoms with Crippen molar-refractivity contribution in [1.82, 2.24) is 5.32 Å². The van der Waals surface area contributed by atoms with Crippen LogP contribution in [0.4, 0.5) is 0 Å². The van der Waals surface area contributed by atoms with Gasteiger partial charge in [-0.3, -0.25) is 4.79 Å². The van der Waals surface area contributed by atoms with Gasteiger partial charge in [0.15, 0.2) is 0 Å². The van der Waals surface area contributed by atoms with Gasteiger partial charge in [0.1, 0.15) is 0 Å². The van der Waals surface area contributed by atoms with Gasteiger partial charge in [-0.25, -0.2) is 0 Å². The average molecular weight is 286 g/mol. The van der Waals surface area contributed by atoms with E-state index in [0.717, 1.165) is 12.8 Å². The molecule has 1 aliphatic carbocycles. The molecule has 4 unspecified atom stereocenters. The Morgan fingerprint density at radius 2 is 2.15 bits per heavy atom. The van der Waals surface area contributed by atoms with E-state index in [4.69, 9.17) is 10.5 Å². The molecule has 0 aliphatic heterocycles. The summed E-state index contributed by atoms with van der Waals surface area (Å²) in [7, 11) is 1.55. The van der Waals surface area contributed by atoms with Crippen LogP contribution in [-0.2, 0) is 9.53 Å². The van der Waals surface area contributed by atoms with Crippen LogP contribution in [-0.4, -0.2) is 43.4 Å². The van der Waals surface area contributed by atoms with Crippen molar-refractivity contribution < 1.29 is 14.6 Å². The minimum atomic E-state index is -0.521. The van der Waals surface area contributed by atoms with Gasteiger partial charge in [0, 0.05) is 25.6 Å². The lowest BCUT2D eigenvalue weighted by atomic mass is 9.61. The third-order valence-corrected chi connectivity index (χ3v) is 4.95. The van der Waals surface area contributed by atoms with E-state index in [0.29, 0.717) is 25.5 Å². The zero-order valence-corrected chi connectivity index (χ0v) is 13.2. The molecule has 5 heteroatoms. The fraction of sp³-hybridized carbons (Fsp3) is 0.933. The molecule has 0 saturated heterocycles. The fourth-order valence-corrected chi connectivity index (χ4v) is 3.08. The molecule has 1 aliphatic rings. The van der Waals surface area contributed by atoms with E-state index in [-0.39, 0.29) is 23.3 Å². The first-order valence-electron chi connectivity index (χ1n) is 7.51. The molecule has 1 fully saturated rings. The second-order valence-electron chi connectivity index (χ2n) is 6.59. The number of hydrogen-bond donors (Lipinski definition) is 3. The highest BCUT2D eigenvalue weighted by atomic mass is 16.5. The van der Waals surface area contributed by atoms with Crippen molar-refractivity contribution in [3.8, 4) is 0 Å². The summed E-state index contributed by atoms with van der Waals surface area (Å²) >= 11 is 0. The van der Waals surface area contributed by atoms with Crippen LogP contribution in [0.25, 0.3) is 0 Å². The topological polar surface area (TPSA) is 84.6 Å². The number of aliphatic hydroxyl groups excluding tert-OH is 1. The first kappa shape index (κ1) is 17.4. The predicted octanol–water partition coefficient (Wildman–Crippen LogP) is 0.900. The lowest BCUT2D eigenvalue weighted by Gasteiger charge is -2.46. The quantitative estimate of drug-likeness (QED) is 0.677. The predicted molar refractivity (Wildman–Crippen MR) is 79.2 cm³/mol. The van der Waals surface area contributed by atoms with E-state index in [1.54, 1.807) is 7.11 Å². The van der Waals surface area contributed by atoms with E-state index in [9.17, 15) is 9.90 Å². The van der Waals surface area contributed by atoms with Crippen molar-refractivity contribution in [3.05, 3.63) is 0 Å². The summed E-state index contributed by atoms with van der Waals surface area (Å²) < 4.78 is 4.86. The summed E-state index contributed by atoms with van der Waals surface area (Å²) in [4.78, 5) is 12.3. The maximum Gasteiger partial charge on any atom is 0.223 e. The van der Waals surface area contributed by atoms with E-state index in [1.165, 1.54) is 0 Å². The Morgan fingerprint density at radius 1 is 1.50 bits per heavy atom. The zero-order valence-electron chi connectivity index (χ0n) is 13.2. The number of nitrogens with two attached hydrogens (primary N) is 1. The van der Waals surface area contributed by atoms with Gasteiger partial charge in [-0.2, -0.15) is 0 Å². The van der Waals surface area contributed by atoms with Gasteiger partial charge in [-0.1, -0.05) is 20.8 Å². The monoisotopic (exact) mass is 286 g/mol. The zero-order chi connectivity index (χ0) is 15.3. The number of carbonyl (C=O) groups excluding carboxylic acids is 1. The lowest BCUT2D eigenvalue weighted by molar-refractivity contribution is -0.132. The van der Waals surface area contributed by atoms with Gasteiger partial charge in [0.05, 0.1) is 12.7 Å². The molecule has 118 valence electrons. The van der Waals surface area contributed by atoms with E-state index in [2.05, 4.69) is 26.1 Å². The van der Waals surface area contributed by atoms with Crippen LogP contribution in [0, 0.1) is 17.3 Å². The van der Waals surface area contributed by atoms with Crippen LogP contribution in [0.3, 0.4) is 0 Å². The summed E-state index contributed by atoms with van der Waals surface area (Å²) in [5, 5.41) is 12.5. The second kappa shape index (κ2) is 7.38. The maximum atomic E-state index is 12.3. The van der Waals surface area contributed by atoms with Gasteiger partial charge in [0.2, 0.25) is 5.91 Å². The van der Waals surface area contributed by atoms with Gasteiger partial charge in [-0.15, -0.1) is 0 Å². The Kier molecular flexibility index (Phi) is 6.43. The van der Waals surface area contributed by atoms with Crippen LogP contribution in [0.5, 0.6) is 0 Å². The molecule has 0 radical (unpaired) electrons. The highest BCUT2D eigenvalue weighted by molar-refractivity contribution is 5.79. The van der Waals surface area contributed by atoms with Crippen LogP contribution in [0.15, 0.2) is 0 Å². The molecule has 4 atom stereocenters. The Balaban J connectivity index is 2.47. The lowest BCUT2D eigenvalue weighted by Crippen LogP contribution is -2.51. The molecule has 0 spiro atoms. The van der Waals surface area contributed by atoms with Crippen molar-refractivity contribution in [2.45, 2.75) is 52.2 Å². The molecule has 0 bridgehead atoms. The van der Waals surface area contributed by atoms with Crippen molar-refractivity contribution in [1.29, 1.82) is 0 Å². The molecule has 4 N–H and O–H groups in total. The van der Waals surface area contributed by atoms with Gasteiger partial charge < -0.3 is 20.9 Å². The highest BCUT2D eigenvalue weighted by Crippen LogP contribution is 2.44. The molecule has 1 saturated carbocycles. The molecule has 0 aromatic rings. The molecule has 1 amide bonds. The second-order valence-corrected chi connectivity index (χ2v) is 6.59. The molecule has 0 aromatic heterocycles. The summed E-state index contributed by atoms with van der Waals surface area (Å²) in [6.07, 6.45) is 1.73. The molecular weight excluding hydrogens is 256 g/mol. The van der Waals surface area contributed by atoms with Crippen molar-refractivity contribution >= 4 is 5.91 Å². The summed E-state index contributed by atoms with van der Waals surface area (Å²) in [5.41, 5.74) is 6.02. The van der Waals surface area contributed by atoms with Gasteiger partial charge >= 0.3 is 0 Å². The molecule has 5 nitrogen and oxygen atoms in total. The Bertz CT molecular complexity index is 320. The van der Waals surface area contributed by atoms with Crippen LogP contribution in [0.1, 0.15) is 40.0 Å². The van der Waals surface area contributed by atoms with Crippen molar-refractivity contribution in [3.63, 3.8) is 0 Å². The van der Waals surface area contributed by atoms with Crippen molar-refractivity contribution in [2.24, 2.45) is 23.0 Å². The minimum Gasteiger partial charge on any atom is -0.391 e. The Labute approximate surface area is 122 Å². The molecule has 0 heterocycles. The third kappa shape index (κ3) is 4.17. The minimum absolute atomic E-state index is 0.00290. The number of aliphatic hydroxyl groups is 1. The smallest absolute Gasteiger partial charge is 0.223 e. The molecule has 1 rings (SSSR count). The Hall–Kier alpha value is -0.650. The summed E-state index contributed by atoms with van der Waals surface area (Å²) in [5.74, 6) is 0.404. The van der Waals surface area contributed by atoms with Crippen LogP contribution in [0.2, 0.25) is 0 Å². The first-order valence-corrected chi connectivity index (χ1v) is 7.51. The van der Waals surface area contributed by atoms with Crippen molar-refractivity contribution in [2.75, 3.05) is 20.3 Å². The standard InChI is InChI=1S/C15H30N2O3/c1-10-13(16)6-5-12(15(10,2)3)14(19)17-8-7-11(18)9-20-4/h10-13,18H,5-9,16H2,1-4H3,(H,17,19). The maximum absolute atomic E-state index is 12.3. The van der Waals surface area contributed by atoms with E-state index >= 15 is 0 Å². The Morgan fingerprint density at radius 3 is 2.75 bits per heavy atom. The fourth-order valence-electron chi connectivity index (χ4n) is 3.08. The summed E-state index contributed by atoms with van der Waals surface area (Å²) in [6.45, 7) is 7.17. The number of ether oxygens (including phenoxy) is 1. The van der Waals surface area contributed by atoms with Gasteiger partial charge in [-0.05, 0) is 30.6 Å². The molecule has 20 heavy (non-hydrogen) atoms. The third-order valence-electron chi connectivity index (χ3n) is 4.95. The van der Waals surface area contributed by atoms with Gasteiger partial charge in [0.25, 0.3) is 0 Å². The first-order chi connectivity index (χ1) is 9.30. The number of nitrogens with one attached hydrogen (secondary N) is 1. The van der Waals surface area contributed by atoms with Crippen LogP contribution >= 0.6 is 0 Å². The van der Waals surface area contributed by atoms with E-state index < -0.39 is 6.10 Å². The summed E-state index contributed by atoms with van der Waals surface area (Å²) in [6, 6.07) is 0.178. The normalized spacial score (nSPS) is 30.8. The largest absolute Gasteiger partial charge is 0.391 e. The number of carbonyl (C=O) groups is 1.